The Morgan fingerprint density at radius 3 is 2.84 bits per heavy atom. The molecule has 0 amide bonds. The van der Waals surface area contributed by atoms with Gasteiger partial charge in [0.05, 0.1) is 0 Å². The molecule has 1 unspecified atom stereocenters. The summed E-state index contributed by atoms with van der Waals surface area (Å²) in [4.78, 5) is 0.722. The highest BCUT2D eigenvalue weighted by atomic mass is 28.4. The topological polar surface area (TPSA) is 44.5 Å². The Labute approximate surface area is 117 Å². The van der Waals surface area contributed by atoms with Crippen molar-refractivity contribution in [2.75, 3.05) is 6.61 Å². The van der Waals surface area contributed by atoms with Gasteiger partial charge >= 0.3 is 0 Å². The molecule has 0 spiro atoms. The van der Waals surface area contributed by atoms with Gasteiger partial charge in [0.25, 0.3) is 5.71 Å². The van der Waals surface area contributed by atoms with Crippen LogP contribution in [0.2, 0.25) is 19.6 Å². The fraction of sp³-hybridized carbons (Fsp3) is 0.786. The lowest BCUT2D eigenvalue weighted by Crippen LogP contribution is -2.39. The van der Waals surface area contributed by atoms with Gasteiger partial charge in [0.15, 0.2) is 14.4 Å². The van der Waals surface area contributed by atoms with Crippen molar-refractivity contribution in [3.05, 3.63) is 17.4 Å². The van der Waals surface area contributed by atoms with Gasteiger partial charge in [-0.3, -0.25) is 5.21 Å². The van der Waals surface area contributed by atoms with Crippen LogP contribution < -0.4 is 0 Å². The summed E-state index contributed by atoms with van der Waals surface area (Å²) >= 11 is 0. The molecule has 0 saturated carbocycles. The van der Waals surface area contributed by atoms with Gasteiger partial charge in [-0.15, -0.1) is 0 Å². The van der Waals surface area contributed by atoms with E-state index >= 15 is 0 Å². The smallest absolute Gasteiger partial charge is 0.253 e. The molecule has 1 aliphatic rings. The zero-order valence-corrected chi connectivity index (χ0v) is 13.6. The molecule has 1 atom stereocenters. The molecule has 0 bridgehead atoms. The van der Waals surface area contributed by atoms with Crippen LogP contribution in [0, 0.1) is 5.21 Å². The first-order valence-electron chi connectivity index (χ1n) is 7.24. The highest BCUT2D eigenvalue weighted by Gasteiger charge is 2.29. The average molecular weight is 285 g/mol. The second-order valence-corrected chi connectivity index (χ2v) is 10.3. The van der Waals surface area contributed by atoms with Crippen LogP contribution in [0.3, 0.4) is 0 Å². The normalized spacial score (nSPS) is 23.7. The second kappa shape index (κ2) is 7.70. The fourth-order valence-corrected chi connectivity index (χ4v) is 2.53. The number of nitrogens with zero attached hydrogens (tertiary/aromatic N) is 1. The van der Waals surface area contributed by atoms with Crippen LogP contribution in [0.1, 0.15) is 39.0 Å². The maximum Gasteiger partial charge on any atom is 0.253 e. The number of unbranched alkanes of at least 4 members (excludes halogenated alkanes) is 2. The average Bonchev–Trinajstić information content (AvgIpc) is 2.33. The van der Waals surface area contributed by atoms with Gasteiger partial charge in [-0.05, 0) is 18.9 Å². The lowest BCUT2D eigenvalue weighted by atomic mass is 10.1. The number of rotatable bonds is 6. The molecule has 110 valence electrons. The molecule has 1 heterocycles. The van der Waals surface area contributed by atoms with E-state index in [1.807, 2.05) is 25.7 Å². The van der Waals surface area contributed by atoms with Gasteiger partial charge in [0.2, 0.25) is 0 Å². The molecule has 1 saturated heterocycles. The van der Waals surface area contributed by atoms with Crippen LogP contribution in [0.25, 0.3) is 0 Å². The van der Waals surface area contributed by atoms with Gasteiger partial charge in [-0.25, -0.2) is 0 Å². The van der Waals surface area contributed by atoms with Crippen LogP contribution in [-0.4, -0.2) is 31.6 Å². The maximum absolute atomic E-state index is 12.1. The van der Waals surface area contributed by atoms with Crippen molar-refractivity contribution in [3.8, 4) is 0 Å². The van der Waals surface area contributed by atoms with E-state index in [2.05, 4.69) is 13.0 Å². The molecule has 0 radical (unpaired) electrons. The van der Waals surface area contributed by atoms with Crippen LogP contribution in [0.15, 0.2) is 12.2 Å². The van der Waals surface area contributed by atoms with Crippen molar-refractivity contribution in [1.29, 1.82) is 0 Å². The third kappa shape index (κ3) is 6.25. The molecule has 1 fully saturated rings. The van der Waals surface area contributed by atoms with E-state index < -0.39 is 8.32 Å². The Bertz CT molecular complexity index is 334. The molecule has 4 nitrogen and oxygen atoms in total. The quantitative estimate of drug-likeness (QED) is 0.246. The minimum Gasteiger partial charge on any atom is -0.443 e. The molecular formula is C14H27NO3Si. The molecule has 0 N–H and O–H groups in total. The van der Waals surface area contributed by atoms with Crippen molar-refractivity contribution in [1.82, 2.24) is 0 Å². The van der Waals surface area contributed by atoms with Crippen molar-refractivity contribution in [2.24, 2.45) is 0 Å². The van der Waals surface area contributed by atoms with E-state index in [1.54, 1.807) is 0 Å². The first-order chi connectivity index (χ1) is 8.94. The summed E-state index contributed by atoms with van der Waals surface area (Å²) in [7, 11) is -1.86. The van der Waals surface area contributed by atoms with Gasteiger partial charge < -0.3 is 9.26 Å². The lowest BCUT2D eigenvalue weighted by Gasteiger charge is -2.25. The van der Waals surface area contributed by atoms with Crippen LogP contribution in [0.5, 0.6) is 0 Å². The van der Waals surface area contributed by atoms with Gasteiger partial charge in [0.1, 0.15) is 0 Å². The SMILES string of the molecule is CCCC/C=C/C1OCCC/C1=[N+](/[O-])O[Si](C)(C)C. The number of ether oxygens (including phenoxy) is 1. The Balaban J connectivity index is 2.71. The first kappa shape index (κ1) is 16.2. The second-order valence-electron chi connectivity index (χ2n) is 5.92. The predicted octanol–water partition coefficient (Wildman–Crippen LogP) is 3.63. The van der Waals surface area contributed by atoms with Gasteiger partial charge in [-0.2, -0.15) is 0 Å². The minimum atomic E-state index is -1.86. The summed E-state index contributed by atoms with van der Waals surface area (Å²) in [6, 6.07) is 0. The monoisotopic (exact) mass is 285 g/mol. The van der Waals surface area contributed by atoms with Gasteiger partial charge in [0, 0.05) is 17.9 Å². The summed E-state index contributed by atoms with van der Waals surface area (Å²) in [5, 5.41) is 12.1. The molecule has 0 aromatic rings. The molecule has 19 heavy (non-hydrogen) atoms. The minimum absolute atomic E-state index is 0.209. The van der Waals surface area contributed by atoms with Crippen LogP contribution in [-0.2, 0) is 9.26 Å². The largest absolute Gasteiger partial charge is 0.443 e. The van der Waals surface area contributed by atoms with E-state index in [9.17, 15) is 5.21 Å². The Morgan fingerprint density at radius 1 is 1.47 bits per heavy atom. The molecule has 1 aliphatic heterocycles. The predicted molar refractivity (Wildman–Crippen MR) is 80.7 cm³/mol. The van der Waals surface area contributed by atoms with Crippen molar-refractivity contribution >= 4 is 14.0 Å². The first-order valence-corrected chi connectivity index (χ1v) is 10.6. The zero-order valence-electron chi connectivity index (χ0n) is 12.6. The molecule has 0 aliphatic carbocycles. The van der Waals surface area contributed by atoms with E-state index in [-0.39, 0.29) is 6.10 Å². The summed E-state index contributed by atoms with van der Waals surface area (Å²) in [5.41, 5.74) is 0.710. The third-order valence-electron chi connectivity index (χ3n) is 2.83. The van der Waals surface area contributed by atoms with Crippen molar-refractivity contribution in [3.63, 3.8) is 0 Å². The van der Waals surface area contributed by atoms with Crippen LogP contribution >= 0.6 is 0 Å². The van der Waals surface area contributed by atoms with E-state index in [1.165, 1.54) is 12.8 Å². The van der Waals surface area contributed by atoms with Crippen molar-refractivity contribution in [2.45, 2.75) is 64.8 Å². The lowest BCUT2D eigenvalue weighted by molar-refractivity contribution is -0.706. The fourth-order valence-electron chi connectivity index (χ4n) is 1.91. The highest BCUT2D eigenvalue weighted by Crippen LogP contribution is 2.14. The van der Waals surface area contributed by atoms with E-state index in [4.69, 9.17) is 9.26 Å². The Kier molecular flexibility index (Phi) is 6.58. The summed E-state index contributed by atoms with van der Waals surface area (Å²) < 4.78 is 11.2. The standard InChI is InChI=1S/C14H27NO3Si/c1-5-6-7-8-11-14-13(10-9-12-17-14)15(16)18-19(2,3)4/h8,11,14H,5-7,9-10,12H2,1-4H3/b11-8+,15-13+. The van der Waals surface area contributed by atoms with E-state index in [0.717, 1.165) is 24.2 Å². The summed E-state index contributed by atoms with van der Waals surface area (Å²) in [6.45, 7) is 8.91. The molecule has 5 heteroatoms. The van der Waals surface area contributed by atoms with Crippen molar-refractivity contribution < 1.29 is 14.2 Å². The highest BCUT2D eigenvalue weighted by molar-refractivity contribution is 6.69. The van der Waals surface area contributed by atoms with Crippen LogP contribution in [0.4, 0.5) is 0 Å². The summed E-state index contributed by atoms with van der Waals surface area (Å²) in [6.07, 6.45) is 8.95. The number of allylic oxidation sites excluding steroid dienone is 1. The number of hydrogen-bond acceptors (Lipinski definition) is 3. The maximum atomic E-state index is 12.1. The van der Waals surface area contributed by atoms with E-state index in [0.29, 0.717) is 12.3 Å². The molecule has 1 rings (SSSR count). The zero-order chi connectivity index (χ0) is 14.3. The molecule has 0 aromatic carbocycles. The molecule has 0 aromatic heterocycles. The summed E-state index contributed by atoms with van der Waals surface area (Å²) in [5.74, 6) is 0. The Morgan fingerprint density at radius 2 is 2.21 bits per heavy atom. The Hall–Kier alpha value is -0.813. The third-order valence-corrected chi connectivity index (χ3v) is 3.54. The molecular weight excluding hydrogens is 258 g/mol. The number of hydrogen-bond donors (Lipinski definition) is 0. The van der Waals surface area contributed by atoms with Gasteiger partial charge in [-0.1, -0.05) is 45.5 Å².